The summed E-state index contributed by atoms with van der Waals surface area (Å²) in [7, 11) is 1.29. The summed E-state index contributed by atoms with van der Waals surface area (Å²) in [6.07, 6.45) is 0.852. The highest BCUT2D eigenvalue weighted by Crippen LogP contribution is 2.44. The number of benzene rings is 2. The summed E-state index contributed by atoms with van der Waals surface area (Å²) in [5, 5.41) is 11.3. The van der Waals surface area contributed by atoms with Crippen LogP contribution in [0, 0.1) is 6.92 Å². The van der Waals surface area contributed by atoms with Crippen molar-refractivity contribution in [3.63, 3.8) is 0 Å². The minimum Gasteiger partial charge on any atom is -0.503 e. The third kappa shape index (κ3) is 3.87. The topological polar surface area (TPSA) is 110 Å². The van der Waals surface area contributed by atoms with Crippen LogP contribution >= 0.6 is 11.3 Å². The molecule has 1 aliphatic rings. The summed E-state index contributed by atoms with van der Waals surface area (Å²) in [6, 6.07) is 14.4. The number of rotatable bonds is 6. The monoisotopic (exact) mass is 502 g/mol. The van der Waals surface area contributed by atoms with Crippen molar-refractivity contribution in [3.8, 4) is 0 Å². The number of hydrogen-bond donors (Lipinski definition) is 1. The van der Waals surface area contributed by atoms with Crippen LogP contribution in [0.25, 0.3) is 10.2 Å². The zero-order valence-electron chi connectivity index (χ0n) is 19.8. The lowest BCUT2D eigenvalue weighted by Gasteiger charge is -2.24. The van der Waals surface area contributed by atoms with Crippen LogP contribution in [-0.4, -0.2) is 34.9 Å². The SMILES string of the molecule is CCc1ccc2nc(N3C(=O)C(O)=C(C(=O)c4ccc(C)o4)C3c3ccc(C(=O)OC)cc3)sc2c1. The van der Waals surface area contributed by atoms with E-state index >= 15 is 0 Å². The number of Topliss-reactive ketones (excluding diaryl/α,β-unsaturated/α-hetero) is 1. The molecule has 0 fully saturated rings. The molecule has 0 spiro atoms. The summed E-state index contributed by atoms with van der Waals surface area (Å²) in [4.78, 5) is 44.8. The number of aryl methyl sites for hydroxylation is 2. The number of thiazole rings is 1. The van der Waals surface area contributed by atoms with E-state index in [-0.39, 0.29) is 11.3 Å². The fourth-order valence-corrected chi connectivity index (χ4v) is 5.29. The summed E-state index contributed by atoms with van der Waals surface area (Å²) < 4.78 is 11.2. The van der Waals surface area contributed by atoms with E-state index in [9.17, 15) is 19.5 Å². The van der Waals surface area contributed by atoms with Crippen molar-refractivity contribution in [2.75, 3.05) is 12.0 Å². The van der Waals surface area contributed by atoms with Gasteiger partial charge in [0.1, 0.15) is 5.76 Å². The number of nitrogens with zero attached hydrogens (tertiary/aromatic N) is 2. The first-order valence-electron chi connectivity index (χ1n) is 11.3. The van der Waals surface area contributed by atoms with Crippen molar-refractivity contribution in [1.29, 1.82) is 0 Å². The smallest absolute Gasteiger partial charge is 0.337 e. The molecule has 5 rings (SSSR count). The number of anilines is 1. The molecule has 0 aliphatic carbocycles. The summed E-state index contributed by atoms with van der Waals surface area (Å²) in [5.41, 5.74) is 2.55. The molecule has 0 saturated carbocycles. The lowest BCUT2D eigenvalue weighted by atomic mass is 9.94. The molecule has 36 heavy (non-hydrogen) atoms. The van der Waals surface area contributed by atoms with Crippen molar-refractivity contribution in [1.82, 2.24) is 4.98 Å². The van der Waals surface area contributed by atoms with Crippen LogP contribution in [-0.2, 0) is 16.0 Å². The van der Waals surface area contributed by atoms with Crippen LogP contribution in [0.5, 0.6) is 0 Å². The molecule has 182 valence electrons. The lowest BCUT2D eigenvalue weighted by Crippen LogP contribution is -2.31. The van der Waals surface area contributed by atoms with Crippen molar-refractivity contribution < 1.29 is 28.6 Å². The van der Waals surface area contributed by atoms with Gasteiger partial charge in [0.2, 0.25) is 5.78 Å². The maximum absolute atomic E-state index is 13.5. The summed E-state index contributed by atoms with van der Waals surface area (Å²) >= 11 is 1.30. The van der Waals surface area contributed by atoms with E-state index in [1.165, 1.54) is 29.4 Å². The summed E-state index contributed by atoms with van der Waals surface area (Å²) in [5.74, 6) is -1.98. The lowest BCUT2D eigenvalue weighted by molar-refractivity contribution is -0.117. The molecule has 1 unspecified atom stereocenters. The van der Waals surface area contributed by atoms with Gasteiger partial charge in [-0.3, -0.25) is 14.5 Å². The van der Waals surface area contributed by atoms with E-state index in [4.69, 9.17) is 9.15 Å². The highest BCUT2D eigenvalue weighted by Gasteiger charge is 2.46. The number of furan rings is 1. The average Bonchev–Trinajstić information content (AvgIpc) is 3.58. The van der Waals surface area contributed by atoms with Gasteiger partial charge >= 0.3 is 5.97 Å². The minimum absolute atomic E-state index is 0.0109. The van der Waals surface area contributed by atoms with Crippen molar-refractivity contribution in [3.05, 3.63) is 94.1 Å². The number of esters is 1. The Morgan fingerprint density at radius 3 is 2.53 bits per heavy atom. The van der Waals surface area contributed by atoms with Gasteiger partial charge < -0.3 is 14.3 Å². The molecule has 1 N–H and O–H groups in total. The molecule has 4 aromatic rings. The third-order valence-corrected chi connectivity index (χ3v) is 7.14. The third-order valence-electron chi connectivity index (χ3n) is 6.12. The first-order chi connectivity index (χ1) is 17.3. The molecule has 0 bridgehead atoms. The molecular weight excluding hydrogens is 480 g/mol. The number of ether oxygens (including phenoxy) is 1. The highest BCUT2D eigenvalue weighted by molar-refractivity contribution is 7.22. The number of fused-ring (bicyclic) bond motifs is 1. The molecular formula is C27H22N2O6S. The van der Waals surface area contributed by atoms with Gasteiger partial charge in [0.15, 0.2) is 16.7 Å². The Hall–Kier alpha value is -4.24. The van der Waals surface area contributed by atoms with E-state index in [1.54, 1.807) is 37.3 Å². The largest absolute Gasteiger partial charge is 0.503 e. The first-order valence-corrected chi connectivity index (χ1v) is 12.1. The zero-order chi connectivity index (χ0) is 25.6. The number of hydrogen-bond acceptors (Lipinski definition) is 8. The van der Waals surface area contributed by atoms with Crippen LogP contribution < -0.4 is 4.90 Å². The highest BCUT2D eigenvalue weighted by atomic mass is 32.1. The zero-order valence-corrected chi connectivity index (χ0v) is 20.6. The minimum atomic E-state index is -0.978. The van der Waals surface area contributed by atoms with Crippen LogP contribution in [0.15, 0.2) is 70.3 Å². The average molecular weight is 503 g/mol. The van der Waals surface area contributed by atoms with Crippen molar-refractivity contribution in [2.24, 2.45) is 0 Å². The van der Waals surface area contributed by atoms with Gasteiger partial charge in [0.05, 0.1) is 34.5 Å². The normalized spacial score (nSPS) is 15.7. The van der Waals surface area contributed by atoms with Gasteiger partial charge in [-0.05, 0) is 60.9 Å². The van der Waals surface area contributed by atoms with E-state index in [0.717, 1.165) is 16.7 Å². The Labute approximate surface area is 210 Å². The van der Waals surface area contributed by atoms with Gasteiger partial charge in [-0.1, -0.05) is 36.5 Å². The molecule has 3 heterocycles. The van der Waals surface area contributed by atoms with Crippen molar-refractivity contribution in [2.45, 2.75) is 26.3 Å². The molecule has 1 aliphatic heterocycles. The number of amides is 1. The fraction of sp³-hybridized carbons (Fsp3) is 0.185. The number of aliphatic hydroxyl groups excluding tert-OH is 1. The molecule has 8 nitrogen and oxygen atoms in total. The molecule has 9 heteroatoms. The van der Waals surface area contributed by atoms with E-state index in [0.29, 0.717) is 27.5 Å². The summed E-state index contributed by atoms with van der Waals surface area (Å²) in [6.45, 7) is 3.75. The van der Waals surface area contributed by atoms with Crippen LogP contribution in [0.3, 0.4) is 0 Å². The van der Waals surface area contributed by atoms with Crippen LogP contribution in [0.2, 0.25) is 0 Å². The molecule has 1 amide bonds. The van der Waals surface area contributed by atoms with Crippen LogP contribution in [0.4, 0.5) is 5.13 Å². The maximum atomic E-state index is 13.5. The van der Waals surface area contributed by atoms with Gasteiger partial charge in [-0.25, -0.2) is 9.78 Å². The number of carbonyl (C=O) groups is 3. The predicted octanol–water partition coefficient (Wildman–Crippen LogP) is 5.33. The quantitative estimate of drug-likeness (QED) is 0.280. The Morgan fingerprint density at radius 1 is 1.14 bits per heavy atom. The number of aromatic nitrogens is 1. The molecule has 0 saturated heterocycles. The predicted molar refractivity (Wildman–Crippen MR) is 134 cm³/mol. The van der Waals surface area contributed by atoms with Crippen molar-refractivity contribution >= 4 is 44.3 Å². The maximum Gasteiger partial charge on any atom is 0.337 e. The number of methoxy groups -OCH3 is 1. The second-order valence-corrected chi connectivity index (χ2v) is 9.35. The number of aliphatic hydroxyl groups is 1. The van der Waals surface area contributed by atoms with E-state index in [2.05, 4.69) is 11.9 Å². The molecule has 2 aromatic carbocycles. The van der Waals surface area contributed by atoms with Gasteiger partial charge in [-0.2, -0.15) is 0 Å². The second kappa shape index (κ2) is 9.09. The fourth-order valence-electron chi connectivity index (χ4n) is 4.24. The number of carbonyl (C=O) groups excluding carboxylic acids is 3. The Kier molecular flexibility index (Phi) is 5.93. The standard InChI is InChI=1S/C27H22N2O6S/c1-4-15-6-11-18-20(13-15)36-27(28-18)29-22(16-7-9-17(10-8-16)26(33)34-3)21(24(31)25(29)32)23(30)19-12-5-14(2)35-19/h5-13,22,31H,4H2,1-3H3. The first kappa shape index (κ1) is 23.5. The van der Waals surface area contributed by atoms with Gasteiger partial charge in [-0.15, -0.1) is 0 Å². The van der Waals surface area contributed by atoms with Crippen LogP contribution in [0.1, 0.15) is 50.8 Å². The molecule has 0 radical (unpaired) electrons. The number of ketones is 1. The molecule has 1 atom stereocenters. The van der Waals surface area contributed by atoms with E-state index in [1.807, 2.05) is 18.2 Å². The van der Waals surface area contributed by atoms with Gasteiger partial charge in [0, 0.05) is 0 Å². The Balaban J connectivity index is 1.65. The Bertz CT molecular complexity index is 1550. The second-order valence-electron chi connectivity index (χ2n) is 8.35. The molecule has 2 aromatic heterocycles. The Morgan fingerprint density at radius 2 is 1.89 bits per heavy atom. The van der Waals surface area contributed by atoms with E-state index < -0.39 is 29.5 Å². The van der Waals surface area contributed by atoms with Gasteiger partial charge in [0.25, 0.3) is 5.91 Å².